The van der Waals surface area contributed by atoms with Gasteiger partial charge in [-0.05, 0) is 47.9 Å². The van der Waals surface area contributed by atoms with Crippen molar-refractivity contribution in [1.82, 2.24) is 14.8 Å². The van der Waals surface area contributed by atoms with E-state index >= 15 is 0 Å². The largest absolute Gasteiger partial charge is 0.465 e. The number of benzene rings is 2. The Labute approximate surface area is 227 Å². The number of nitrogens with zero attached hydrogens (tertiary/aromatic N) is 2. The van der Waals surface area contributed by atoms with Gasteiger partial charge in [0, 0.05) is 42.7 Å². The van der Waals surface area contributed by atoms with Gasteiger partial charge in [-0.1, -0.05) is 51.1 Å². The molecular weight excluding hydrogens is 508 g/mol. The van der Waals surface area contributed by atoms with Crippen LogP contribution in [-0.4, -0.2) is 51.7 Å². The zero-order valence-electron chi connectivity index (χ0n) is 22.2. The normalized spacial score (nSPS) is 12.3. The zero-order valence-corrected chi connectivity index (χ0v) is 23.0. The summed E-state index contributed by atoms with van der Waals surface area (Å²) < 4.78 is 30.9. The van der Waals surface area contributed by atoms with Crippen molar-refractivity contribution in [2.45, 2.75) is 39.8 Å². The van der Waals surface area contributed by atoms with Crippen LogP contribution in [0.3, 0.4) is 0 Å². The van der Waals surface area contributed by atoms with Crippen molar-refractivity contribution in [3.63, 3.8) is 0 Å². The summed E-state index contributed by atoms with van der Waals surface area (Å²) >= 11 is 1.42. The molecule has 1 heterocycles. The van der Waals surface area contributed by atoms with Crippen molar-refractivity contribution >= 4 is 23.8 Å². The number of hydrogen-bond donors (Lipinski definition) is 2. The summed E-state index contributed by atoms with van der Waals surface area (Å²) in [7, 11) is 0. The van der Waals surface area contributed by atoms with E-state index in [9.17, 15) is 18.4 Å². The molecule has 9 heteroatoms. The molecule has 2 amide bonds. The maximum absolute atomic E-state index is 14.8. The minimum atomic E-state index is -1.11. The van der Waals surface area contributed by atoms with Gasteiger partial charge in [0.2, 0.25) is 5.91 Å². The lowest BCUT2D eigenvalue weighted by Crippen LogP contribution is -2.44. The predicted octanol–water partition coefficient (Wildman–Crippen LogP) is 6.42. The van der Waals surface area contributed by atoms with E-state index in [1.54, 1.807) is 4.90 Å². The van der Waals surface area contributed by atoms with E-state index in [1.807, 2.05) is 74.2 Å². The van der Waals surface area contributed by atoms with E-state index in [2.05, 4.69) is 5.32 Å². The van der Waals surface area contributed by atoms with Gasteiger partial charge in [0.15, 0.2) is 0 Å². The quantitative estimate of drug-likeness (QED) is 0.274. The van der Waals surface area contributed by atoms with Crippen LogP contribution < -0.4 is 5.32 Å². The van der Waals surface area contributed by atoms with Crippen LogP contribution in [0.2, 0.25) is 0 Å². The highest BCUT2D eigenvalue weighted by Crippen LogP contribution is 2.41. The molecule has 0 bridgehead atoms. The van der Waals surface area contributed by atoms with Crippen molar-refractivity contribution < 1.29 is 23.5 Å². The summed E-state index contributed by atoms with van der Waals surface area (Å²) in [5, 5.41) is 11.3. The number of carbonyl (C=O) groups excluding carboxylic acids is 1. The average molecular weight is 544 g/mol. The highest BCUT2D eigenvalue weighted by Gasteiger charge is 2.37. The summed E-state index contributed by atoms with van der Waals surface area (Å²) in [6, 6.07) is 14.6. The number of hydrogen-bond acceptors (Lipinski definition) is 3. The lowest BCUT2D eigenvalue weighted by molar-refractivity contribution is -0.133. The van der Waals surface area contributed by atoms with Gasteiger partial charge < -0.3 is 19.9 Å². The molecule has 1 aromatic heterocycles. The van der Waals surface area contributed by atoms with Crippen LogP contribution in [-0.2, 0) is 11.3 Å². The van der Waals surface area contributed by atoms with E-state index in [4.69, 9.17) is 5.11 Å². The molecule has 204 valence electrons. The molecule has 1 unspecified atom stereocenters. The molecule has 0 saturated carbocycles. The highest BCUT2D eigenvalue weighted by molar-refractivity contribution is 7.99. The molecule has 0 radical (unpaired) electrons. The summed E-state index contributed by atoms with van der Waals surface area (Å²) in [6.45, 7) is 7.13. The molecule has 0 aliphatic rings. The maximum Gasteiger partial charge on any atom is 0.404 e. The third kappa shape index (κ3) is 7.60. The molecule has 6 nitrogen and oxygen atoms in total. The first-order valence-corrected chi connectivity index (χ1v) is 13.8. The zero-order chi connectivity index (χ0) is 27.9. The fourth-order valence-corrected chi connectivity index (χ4v) is 5.07. The fourth-order valence-electron chi connectivity index (χ4n) is 4.66. The second-order valence-corrected chi connectivity index (χ2v) is 11.1. The molecule has 0 fully saturated rings. The third-order valence-electron chi connectivity index (χ3n) is 6.22. The predicted molar refractivity (Wildman–Crippen MR) is 148 cm³/mol. The lowest BCUT2D eigenvalue weighted by atomic mass is 9.83. The van der Waals surface area contributed by atoms with Gasteiger partial charge in [-0.25, -0.2) is 13.6 Å². The molecule has 2 N–H and O–H groups in total. The Balaban J connectivity index is 2.14. The van der Waals surface area contributed by atoms with E-state index in [0.717, 1.165) is 23.4 Å². The summed E-state index contributed by atoms with van der Waals surface area (Å²) in [6.07, 6.45) is 2.99. The number of carbonyl (C=O) groups is 2. The standard InChI is InChI=1S/C29H35F2N3O3S/c1-29(2,3)27(34(26(35)19-38-4)14-8-13-32-28(36)37)25-15-21(23-16-22(30)11-12-24(23)31)18-33(25)17-20-9-6-5-7-10-20/h5-7,9-12,15-16,18,27,32H,8,13-14,17,19H2,1-4H3,(H,36,37). The van der Waals surface area contributed by atoms with E-state index in [-0.39, 0.29) is 23.8 Å². The first kappa shape index (κ1) is 29.2. The Morgan fingerprint density at radius 1 is 1.11 bits per heavy atom. The molecule has 38 heavy (non-hydrogen) atoms. The minimum Gasteiger partial charge on any atom is -0.465 e. The van der Waals surface area contributed by atoms with Gasteiger partial charge in [-0.3, -0.25) is 4.79 Å². The average Bonchev–Trinajstić information content (AvgIpc) is 3.24. The number of thioether (sulfide) groups is 1. The molecule has 1 atom stereocenters. The molecule has 2 aromatic carbocycles. The number of aromatic nitrogens is 1. The topological polar surface area (TPSA) is 74.6 Å². The maximum atomic E-state index is 14.8. The van der Waals surface area contributed by atoms with Crippen LogP contribution in [0.4, 0.5) is 13.6 Å². The van der Waals surface area contributed by atoms with Crippen LogP contribution in [0.1, 0.15) is 44.5 Å². The Morgan fingerprint density at radius 2 is 1.82 bits per heavy atom. The van der Waals surface area contributed by atoms with Crippen molar-refractivity contribution in [2.24, 2.45) is 5.41 Å². The SMILES string of the molecule is CSCC(=O)N(CCCNC(=O)O)C(c1cc(-c2cc(F)ccc2F)cn1Cc1ccccc1)C(C)(C)C. The second-order valence-electron chi connectivity index (χ2n) is 10.3. The Morgan fingerprint density at radius 3 is 2.45 bits per heavy atom. The Kier molecular flexibility index (Phi) is 9.96. The molecule has 0 aliphatic carbocycles. The number of amides is 2. The molecular formula is C29H35F2N3O3S. The summed E-state index contributed by atoms with van der Waals surface area (Å²) in [5.41, 5.74) is 2.06. The van der Waals surface area contributed by atoms with Crippen LogP contribution in [0.5, 0.6) is 0 Å². The number of carboxylic acid groups (broad SMARTS) is 1. The van der Waals surface area contributed by atoms with Gasteiger partial charge in [-0.2, -0.15) is 11.8 Å². The molecule has 0 spiro atoms. The lowest BCUT2D eigenvalue weighted by Gasteiger charge is -2.41. The Bertz CT molecular complexity index is 1240. The monoisotopic (exact) mass is 543 g/mol. The minimum absolute atomic E-state index is 0.0707. The number of rotatable bonds is 11. The van der Waals surface area contributed by atoms with Crippen molar-refractivity contribution in [1.29, 1.82) is 0 Å². The highest BCUT2D eigenvalue weighted by atomic mass is 32.2. The van der Waals surface area contributed by atoms with Crippen molar-refractivity contribution in [3.05, 3.63) is 83.7 Å². The number of nitrogens with one attached hydrogen (secondary N) is 1. The van der Waals surface area contributed by atoms with Crippen LogP contribution in [0, 0.1) is 17.0 Å². The summed E-state index contributed by atoms with van der Waals surface area (Å²) in [4.78, 5) is 26.2. The molecule has 0 saturated heterocycles. The van der Waals surface area contributed by atoms with E-state index < -0.39 is 29.2 Å². The van der Waals surface area contributed by atoms with Gasteiger partial charge >= 0.3 is 6.09 Å². The molecule has 3 aromatic rings. The molecule has 3 rings (SSSR count). The van der Waals surface area contributed by atoms with Gasteiger partial charge in [0.25, 0.3) is 0 Å². The van der Waals surface area contributed by atoms with Gasteiger partial charge in [0.1, 0.15) is 11.6 Å². The van der Waals surface area contributed by atoms with Gasteiger partial charge in [-0.15, -0.1) is 0 Å². The van der Waals surface area contributed by atoms with E-state index in [1.165, 1.54) is 17.8 Å². The third-order valence-corrected chi connectivity index (χ3v) is 6.75. The number of halogens is 2. The summed E-state index contributed by atoms with van der Waals surface area (Å²) in [5.74, 6) is -0.867. The van der Waals surface area contributed by atoms with Crippen molar-refractivity contribution in [2.75, 3.05) is 25.1 Å². The fraction of sp³-hybridized carbons (Fsp3) is 0.379. The first-order valence-electron chi connectivity index (χ1n) is 12.5. The first-order chi connectivity index (χ1) is 18.0. The van der Waals surface area contributed by atoms with Crippen LogP contribution >= 0.6 is 11.8 Å². The molecule has 0 aliphatic heterocycles. The van der Waals surface area contributed by atoms with Crippen molar-refractivity contribution in [3.8, 4) is 11.1 Å². The Hall–Kier alpha value is -3.33. The smallest absolute Gasteiger partial charge is 0.404 e. The van der Waals surface area contributed by atoms with Crippen LogP contribution in [0.15, 0.2) is 60.8 Å². The van der Waals surface area contributed by atoms with E-state index in [0.29, 0.717) is 25.1 Å². The van der Waals surface area contributed by atoms with Crippen LogP contribution in [0.25, 0.3) is 11.1 Å². The second kappa shape index (κ2) is 13.0. The van der Waals surface area contributed by atoms with Gasteiger partial charge in [0.05, 0.1) is 11.8 Å².